The maximum absolute atomic E-state index is 2.30. The Morgan fingerprint density at radius 3 is 0.484 bits per heavy atom. The van der Waals surface area contributed by atoms with Crippen molar-refractivity contribution in [1.29, 1.82) is 0 Å². The first-order chi connectivity index (χ1) is 14.6. The highest BCUT2D eigenvalue weighted by atomic mass is 79.9. The smallest absolute Gasteiger partial charge is 0.0661 e. The SMILES string of the molecule is CCCCCCCCCCCCCCCCCCCCCCCCCC.C[NH+](C)C.[Br-]. The molecule has 0 spiro atoms. The van der Waals surface area contributed by atoms with Gasteiger partial charge in [0.1, 0.15) is 0 Å². The van der Waals surface area contributed by atoms with E-state index >= 15 is 0 Å². The lowest BCUT2D eigenvalue weighted by atomic mass is 10.0. The monoisotopic (exact) mass is 505 g/mol. The molecule has 0 aliphatic rings. The third-order valence-corrected chi connectivity index (χ3v) is 5.96. The van der Waals surface area contributed by atoms with Crippen LogP contribution in [-0.2, 0) is 0 Å². The summed E-state index contributed by atoms with van der Waals surface area (Å²) in [6.07, 6.45) is 35.4. The minimum Gasteiger partial charge on any atom is -1.00 e. The van der Waals surface area contributed by atoms with Crippen LogP contribution < -0.4 is 21.9 Å². The van der Waals surface area contributed by atoms with Crippen LogP contribution in [0.3, 0.4) is 0 Å². The van der Waals surface area contributed by atoms with Gasteiger partial charge >= 0.3 is 0 Å². The highest BCUT2D eigenvalue weighted by Gasteiger charge is 1.95. The number of halogens is 1. The predicted molar refractivity (Wildman–Crippen MR) is 141 cm³/mol. The van der Waals surface area contributed by atoms with Crippen LogP contribution in [0.1, 0.15) is 168 Å². The zero-order valence-corrected chi connectivity index (χ0v) is 24.4. The molecule has 0 aliphatic heterocycles. The van der Waals surface area contributed by atoms with Crippen molar-refractivity contribution in [2.24, 2.45) is 0 Å². The summed E-state index contributed by atoms with van der Waals surface area (Å²) in [6.45, 7) is 4.61. The number of unbranched alkanes of at least 4 members (excludes halogenated alkanes) is 23. The van der Waals surface area contributed by atoms with E-state index in [9.17, 15) is 0 Å². The first-order valence-corrected chi connectivity index (χ1v) is 14.4. The fraction of sp³-hybridized carbons (Fsp3) is 1.00. The molecule has 192 valence electrons. The summed E-state index contributed by atoms with van der Waals surface area (Å²) in [7, 11) is 6.25. The second-order valence-corrected chi connectivity index (χ2v) is 10.3. The Kier molecular flexibility index (Phi) is 40.7. The van der Waals surface area contributed by atoms with Crippen molar-refractivity contribution in [2.45, 2.75) is 168 Å². The molecule has 1 nitrogen and oxygen atoms in total. The van der Waals surface area contributed by atoms with Gasteiger partial charge in [0.2, 0.25) is 0 Å². The minimum absolute atomic E-state index is 0. The van der Waals surface area contributed by atoms with Crippen LogP contribution in [0.15, 0.2) is 0 Å². The molecule has 0 unspecified atom stereocenters. The number of nitrogens with one attached hydrogen (secondary N) is 1. The van der Waals surface area contributed by atoms with E-state index in [0.29, 0.717) is 0 Å². The predicted octanol–water partition coefficient (Wildman–Crippen LogP) is 6.15. The van der Waals surface area contributed by atoms with E-state index in [-0.39, 0.29) is 17.0 Å². The molecule has 0 bridgehead atoms. The lowest BCUT2D eigenvalue weighted by molar-refractivity contribution is -0.836. The van der Waals surface area contributed by atoms with Crippen LogP contribution in [0.25, 0.3) is 0 Å². The lowest BCUT2D eigenvalue weighted by Gasteiger charge is -2.04. The summed E-state index contributed by atoms with van der Waals surface area (Å²) in [6, 6.07) is 0. The molecular weight excluding hydrogens is 442 g/mol. The Morgan fingerprint density at radius 1 is 0.290 bits per heavy atom. The lowest BCUT2D eigenvalue weighted by Crippen LogP contribution is -3.02. The Balaban J connectivity index is -0.00000143. The van der Waals surface area contributed by atoms with Gasteiger partial charge in [0.25, 0.3) is 0 Å². The van der Waals surface area contributed by atoms with Crippen LogP contribution in [0, 0.1) is 0 Å². The summed E-state index contributed by atoms with van der Waals surface area (Å²) < 4.78 is 0. The maximum atomic E-state index is 2.30. The van der Waals surface area contributed by atoms with Crippen molar-refractivity contribution in [3.05, 3.63) is 0 Å². The van der Waals surface area contributed by atoms with Gasteiger partial charge in [-0.05, 0) is 0 Å². The van der Waals surface area contributed by atoms with Gasteiger partial charge in [-0.25, -0.2) is 0 Å². The van der Waals surface area contributed by atoms with Crippen molar-refractivity contribution in [3.63, 3.8) is 0 Å². The normalized spacial score (nSPS) is 10.6. The van der Waals surface area contributed by atoms with Gasteiger partial charge in [-0.2, -0.15) is 0 Å². The number of hydrogen-bond acceptors (Lipinski definition) is 0. The standard InChI is InChI=1S/C26H54.C3H9N.BrH/c1-3-5-7-9-11-13-15-17-19-21-23-25-26-24-22-20-18-16-14-12-10-8-6-4-2;1-4(2)3;/h3-26H2,1-2H3;1-3H3;1H. The largest absolute Gasteiger partial charge is 1.00 e. The number of rotatable bonds is 23. The molecular formula is C29H64BrN. The Morgan fingerprint density at radius 2 is 0.387 bits per heavy atom. The van der Waals surface area contributed by atoms with Crippen molar-refractivity contribution >= 4 is 0 Å². The van der Waals surface area contributed by atoms with E-state index in [2.05, 4.69) is 35.0 Å². The molecule has 0 rings (SSSR count). The molecule has 0 atom stereocenters. The van der Waals surface area contributed by atoms with Gasteiger partial charge in [-0.3, -0.25) is 0 Å². The van der Waals surface area contributed by atoms with E-state index in [0.717, 1.165) is 0 Å². The van der Waals surface area contributed by atoms with Gasteiger partial charge in [0.15, 0.2) is 0 Å². The summed E-state index contributed by atoms with van der Waals surface area (Å²) in [4.78, 5) is 1.42. The van der Waals surface area contributed by atoms with Crippen LogP contribution in [0.5, 0.6) is 0 Å². The van der Waals surface area contributed by atoms with Gasteiger partial charge in [-0.1, -0.05) is 168 Å². The zero-order valence-electron chi connectivity index (χ0n) is 22.8. The molecule has 2 heteroatoms. The van der Waals surface area contributed by atoms with E-state index in [1.54, 1.807) is 0 Å². The topological polar surface area (TPSA) is 4.44 Å². The third kappa shape index (κ3) is 44.8. The van der Waals surface area contributed by atoms with Crippen molar-refractivity contribution in [2.75, 3.05) is 21.1 Å². The van der Waals surface area contributed by atoms with E-state index < -0.39 is 0 Å². The molecule has 0 amide bonds. The second kappa shape index (κ2) is 35.0. The van der Waals surface area contributed by atoms with E-state index in [1.165, 1.54) is 159 Å². The Bertz CT molecular complexity index is 241. The van der Waals surface area contributed by atoms with Crippen molar-refractivity contribution in [1.82, 2.24) is 0 Å². The number of quaternary nitrogens is 1. The molecule has 0 saturated heterocycles. The Hall–Kier alpha value is 0.440. The molecule has 31 heavy (non-hydrogen) atoms. The average molecular weight is 507 g/mol. The first-order valence-electron chi connectivity index (χ1n) is 14.4. The van der Waals surface area contributed by atoms with Gasteiger partial charge < -0.3 is 21.9 Å². The third-order valence-electron chi connectivity index (χ3n) is 5.96. The van der Waals surface area contributed by atoms with E-state index in [4.69, 9.17) is 0 Å². The van der Waals surface area contributed by atoms with Crippen molar-refractivity contribution < 1.29 is 21.9 Å². The first kappa shape index (κ1) is 36.0. The van der Waals surface area contributed by atoms with Gasteiger partial charge in [0.05, 0.1) is 21.1 Å². The van der Waals surface area contributed by atoms with Gasteiger partial charge in [-0.15, -0.1) is 0 Å². The highest BCUT2D eigenvalue weighted by molar-refractivity contribution is 4.51. The van der Waals surface area contributed by atoms with Crippen LogP contribution in [0.4, 0.5) is 0 Å². The maximum Gasteiger partial charge on any atom is 0.0661 e. The molecule has 0 aromatic rings. The zero-order chi connectivity index (χ0) is 22.5. The Labute approximate surface area is 210 Å². The molecule has 0 radical (unpaired) electrons. The van der Waals surface area contributed by atoms with Gasteiger partial charge in [0, 0.05) is 0 Å². The summed E-state index contributed by atoms with van der Waals surface area (Å²) in [5.41, 5.74) is 0. The molecule has 0 aromatic carbocycles. The number of hydrogen-bond donors (Lipinski definition) is 1. The van der Waals surface area contributed by atoms with Crippen LogP contribution in [-0.4, -0.2) is 21.1 Å². The molecule has 0 aliphatic carbocycles. The quantitative estimate of drug-likeness (QED) is 0.159. The highest BCUT2D eigenvalue weighted by Crippen LogP contribution is 2.15. The van der Waals surface area contributed by atoms with Crippen LogP contribution >= 0.6 is 0 Å². The minimum atomic E-state index is 0. The summed E-state index contributed by atoms with van der Waals surface area (Å²) >= 11 is 0. The molecule has 0 heterocycles. The molecule has 0 aromatic heterocycles. The second-order valence-electron chi connectivity index (χ2n) is 10.3. The average Bonchev–Trinajstić information content (AvgIpc) is 2.71. The van der Waals surface area contributed by atoms with E-state index in [1.807, 2.05) is 0 Å². The molecule has 0 fully saturated rings. The summed E-state index contributed by atoms with van der Waals surface area (Å²) in [5, 5.41) is 0. The fourth-order valence-corrected chi connectivity index (χ4v) is 4.04. The van der Waals surface area contributed by atoms with Crippen LogP contribution in [0.2, 0.25) is 0 Å². The summed E-state index contributed by atoms with van der Waals surface area (Å²) in [5.74, 6) is 0. The van der Waals surface area contributed by atoms with Crippen molar-refractivity contribution in [3.8, 4) is 0 Å². The molecule has 1 N–H and O–H groups in total. The fourth-order valence-electron chi connectivity index (χ4n) is 4.04. The molecule has 0 saturated carbocycles.